The Balaban J connectivity index is 1.72. The van der Waals surface area contributed by atoms with Crippen LogP contribution in [0.5, 0.6) is 11.5 Å². The van der Waals surface area contributed by atoms with Crippen molar-refractivity contribution in [1.82, 2.24) is 10.1 Å². The molecular weight excluding hydrogens is 316 g/mol. The predicted octanol–water partition coefficient (Wildman–Crippen LogP) is 3.59. The maximum Gasteiger partial charge on any atom is 0.268 e. The Bertz CT molecular complexity index is 811. The molecule has 6 nitrogen and oxygen atoms in total. The minimum absolute atomic E-state index is 0.0337. The summed E-state index contributed by atoms with van der Waals surface area (Å²) in [4.78, 5) is 16.6. The lowest BCUT2D eigenvalue weighted by molar-refractivity contribution is 0.101. The highest BCUT2D eigenvalue weighted by Gasteiger charge is 2.12. The Kier molecular flexibility index (Phi) is 4.38. The van der Waals surface area contributed by atoms with Gasteiger partial charge in [-0.15, -0.1) is 11.3 Å². The van der Waals surface area contributed by atoms with E-state index in [1.807, 2.05) is 17.5 Å². The van der Waals surface area contributed by atoms with Crippen LogP contribution >= 0.6 is 11.3 Å². The summed E-state index contributed by atoms with van der Waals surface area (Å²) in [5.41, 5.74) is 0.564. The quantitative estimate of drug-likeness (QED) is 0.643. The number of ether oxygens (including phenoxy) is 2. The van der Waals surface area contributed by atoms with E-state index >= 15 is 0 Å². The van der Waals surface area contributed by atoms with Crippen molar-refractivity contribution in [2.75, 3.05) is 7.11 Å². The number of carbonyl (C=O) groups is 1. The van der Waals surface area contributed by atoms with Crippen molar-refractivity contribution in [1.29, 1.82) is 0 Å². The minimum Gasteiger partial charge on any atom is -0.493 e. The van der Waals surface area contributed by atoms with Crippen LogP contribution in [0, 0.1) is 0 Å². The molecule has 2 heterocycles. The SMILES string of the molecule is COc1cc(C(C)=O)ccc1OCc1noc(-c2cccs2)n1. The van der Waals surface area contributed by atoms with E-state index in [4.69, 9.17) is 14.0 Å². The smallest absolute Gasteiger partial charge is 0.268 e. The Morgan fingerprint density at radius 2 is 2.17 bits per heavy atom. The van der Waals surface area contributed by atoms with Gasteiger partial charge in [0.25, 0.3) is 5.89 Å². The lowest BCUT2D eigenvalue weighted by atomic mass is 10.1. The number of hydrogen-bond donors (Lipinski definition) is 0. The molecule has 23 heavy (non-hydrogen) atoms. The van der Waals surface area contributed by atoms with E-state index in [0.717, 1.165) is 4.88 Å². The predicted molar refractivity (Wildman–Crippen MR) is 84.9 cm³/mol. The fraction of sp³-hybridized carbons (Fsp3) is 0.188. The van der Waals surface area contributed by atoms with Crippen LogP contribution in [0.3, 0.4) is 0 Å². The second-order valence-corrected chi connectivity index (χ2v) is 5.65. The number of ketones is 1. The lowest BCUT2D eigenvalue weighted by Crippen LogP contribution is -2.01. The van der Waals surface area contributed by atoms with Gasteiger partial charge in [0.1, 0.15) is 0 Å². The number of benzene rings is 1. The molecule has 0 aliphatic rings. The third kappa shape index (κ3) is 3.40. The first-order chi connectivity index (χ1) is 11.2. The van der Waals surface area contributed by atoms with Gasteiger partial charge in [0.05, 0.1) is 12.0 Å². The van der Waals surface area contributed by atoms with Gasteiger partial charge < -0.3 is 14.0 Å². The van der Waals surface area contributed by atoms with Crippen LogP contribution in [0.2, 0.25) is 0 Å². The third-order valence-electron chi connectivity index (χ3n) is 3.13. The summed E-state index contributed by atoms with van der Waals surface area (Å²) in [6.07, 6.45) is 0. The van der Waals surface area contributed by atoms with Crippen molar-refractivity contribution in [3.05, 3.63) is 47.1 Å². The van der Waals surface area contributed by atoms with Gasteiger partial charge in [0.2, 0.25) is 5.82 Å². The fourth-order valence-corrected chi connectivity index (χ4v) is 2.61. The summed E-state index contributed by atoms with van der Waals surface area (Å²) in [5.74, 6) is 1.87. The van der Waals surface area contributed by atoms with Crippen LogP contribution in [0.25, 0.3) is 10.8 Å². The van der Waals surface area contributed by atoms with Crippen LogP contribution in [0.15, 0.2) is 40.2 Å². The first-order valence-corrected chi connectivity index (χ1v) is 7.73. The number of nitrogens with zero attached hydrogens (tertiary/aromatic N) is 2. The second-order valence-electron chi connectivity index (χ2n) is 4.70. The molecule has 0 unspecified atom stereocenters. The van der Waals surface area contributed by atoms with Crippen molar-refractivity contribution in [2.45, 2.75) is 13.5 Å². The van der Waals surface area contributed by atoms with Crippen molar-refractivity contribution in [3.8, 4) is 22.3 Å². The van der Waals surface area contributed by atoms with Crippen LogP contribution < -0.4 is 9.47 Å². The van der Waals surface area contributed by atoms with Crippen LogP contribution in [0.4, 0.5) is 0 Å². The zero-order valence-corrected chi connectivity index (χ0v) is 13.4. The molecule has 0 bridgehead atoms. The molecule has 0 spiro atoms. The summed E-state index contributed by atoms with van der Waals surface area (Å²) in [6, 6.07) is 8.85. The molecule has 1 aromatic carbocycles. The zero-order chi connectivity index (χ0) is 16.2. The molecule has 2 aromatic heterocycles. The van der Waals surface area contributed by atoms with Gasteiger partial charge in [-0.05, 0) is 36.6 Å². The third-order valence-corrected chi connectivity index (χ3v) is 3.98. The molecule has 3 rings (SSSR count). The average molecular weight is 330 g/mol. The van der Waals surface area contributed by atoms with Crippen LogP contribution in [-0.2, 0) is 6.61 Å². The number of aromatic nitrogens is 2. The first-order valence-electron chi connectivity index (χ1n) is 6.85. The first kappa shape index (κ1) is 15.2. The van der Waals surface area contributed by atoms with E-state index in [2.05, 4.69) is 10.1 Å². The molecule has 0 saturated heterocycles. The summed E-state index contributed by atoms with van der Waals surface area (Å²) in [5, 5.41) is 5.83. The van der Waals surface area contributed by atoms with E-state index in [1.165, 1.54) is 25.4 Å². The van der Waals surface area contributed by atoms with Crippen LogP contribution in [-0.4, -0.2) is 23.0 Å². The number of carbonyl (C=O) groups excluding carboxylic acids is 1. The van der Waals surface area contributed by atoms with Gasteiger partial charge in [-0.3, -0.25) is 4.79 Å². The highest BCUT2D eigenvalue weighted by molar-refractivity contribution is 7.13. The molecule has 0 amide bonds. The Hall–Kier alpha value is -2.67. The highest BCUT2D eigenvalue weighted by atomic mass is 32.1. The highest BCUT2D eigenvalue weighted by Crippen LogP contribution is 2.29. The van der Waals surface area contributed by atoms with E-state index in [9.17, 15) is 4.79 Å². The largest absolute Gasteiger partial charge is 0.493 e. The minimum atomic E-state index is -0.0337. The van der Waals surface area contributed by atoms with Crippen molar-refractivity contribution in [2.24, 2.45) is 0 Å². The molecule has 118 valence electrons. The lowest BCUT2D eigenvalue weighted by Gasteiger charge is -2.10. The number of rotatable bonds is 6. The number of methoxy groups -OCH3 is 1. The molecule has 0 aliphatic heterocycles. The summed E-state index contributed by atoms with van der Waals surface area (Å²) in [6.45, 7) is 1.64. The van der Waals surface area contributed by atoms with E-state index < -0.39 is 0 Å². The standard InChI is InChI=1S/C16H14N2O4S/c1-10(19)11-5-6-12(13(8-11)20-2)21-9-15-17-16(22-18-15)14-4-3-7-23-14/h3-8H,9H2,1-2H3. The van der Waals surface area contributed by atoms with Crippen molar-refractivity contribution < 1.29 is 18.8 Å². The van der Waals surface area contributed by atoms with Crippen LogP contribution in [0.1, 0.15) is 23.1 Å². The molecule has 0 saturated carbocycles. The normalized spacial score (nSPS) is 10.5. The van der Waals surface area contributed by atoms with E-state index in [-0.39, 0.29) is 12.4 Å². The maximum absolute atomic E-state index is 11.4. The maximum atomic E-state index is 11.4. The van der Waals surface area contributed by atoms with E-state index in [0.29, 0.717) is 28.8 Å². The molecule has 3 aromatic rings. The summed E-state index contributed by atoms with van der Waals surface area (Å²) < 4.78 is 16.1. The zero-order valence-electron chi connectivity index (χ0n) is 12.6. The van der Waals surface area contributed by atoms with Gasteiger partial charge in [0, 0.05) is 5.56 Å². The Labute approximate surface area is 136 Å². The van der Waals surface area contributed by atoms with Gasteiger partial charge >= 0.3 is 0 Å². The monoisotopic (exact) mass is 330 g/mol. The summed E-state index contributed by atoms with van der Waals surface area (Å²) >= 11 is 1.53. The second kappa shape index (κ2) is 6.62. The number of thiophene rings is 1. The van der Waals surface area contributed by atoms with Gasteiger partial charge in [-0.1, -0.05) is 11.2 Å². The molecular formula is C16H14N2O4S. The average Bonchev–Trinajstić information content (AvgIpc) is 3.23. The summed E-state index contributed by atoms with van der Waals surface area (Å²) in [7, 11) is 1.52. The van der Waals surface area contributed by atoms with Crippen molar-refractivity contribution in [3.63, 3.8) is 0 Å². The van der Waals surface area contributed by atoms with Gasteiger partial charge in [-0.2, -0.15) is 4.98 Å². The molecule has 0 radical (unpaired) electrons. The molecule has 0 atom stereocenters. The molecule has 0 N–H and O–H groups in total. The fourth-order valence-electron chi connectivity index (χ4n) is 1.96. The Morgan fingerprint density at radius 1 is 1.30 bits per heavy atom. The number of hydrogen-bond acceptors (Lipinski definition) is 7. The Morgan fingerprint density at radius 3 is 2.87 bits per heavy atom. The number of Topliss-reactive ketones (excluding diaryl/α,β-unsaturated/α-hetero) is 1. The van der Waals surface area contributed by atoms with Crippen molar-refractivity contribution >= 4 is 17.1 Å². The van der Waals surface area contributed by atoms with Gasteiger partial charge in [0.15, 0.2) is 23.9 Å². The molecule has 7 heteroatoms. The molecule has 0 aliphatic carbocycles. The topological polar surface area (TPSA) is 74.5 Å². The van der Waals surface area contributed by atoms with E-state index in [1.54, 1.807) is 18.2 Å². The molecule has 0 fully saturated rings. The van der Waals surface area contributed by atoms with Gasteiger partial charge in [-0.25, -0.2) is 0 Å².